The molecule has 66 valence electrons. The molecule has 0 saturated carbocycles. The molecule has 0 fully saturated rings. The van der Waals surface area contributed by atoms with E-state index in [1.807, 2.05) is 0 Å². The monoisotopic (exact) mass is 155 g/mol. The molecule has 0 saturated heterocycles. The molecule has 0 aromatic rings. The van der Waals surface area contributed by atoms with E-state index in [1.165, 1.54) is 5.57 Å². The molecule has 1 heteroatoms. The average Bonchev–Trinajstić information content (AvgIpc) is 1.79. The fraction of sp³-hybridized carbons (Fsp3) is 0.800. The molecule has 0 N–H and O–H groups in total. The minimum absolute atomic E-state index is 0.318. The lowest BCUT2D eigenvalue weighted by atomic mass is 9.85. The van der Waals surface area contributed by atoms with Gasteiger partial charge in [0.2, 0.25) is 0 Å². The highest BCUT2D eigenvalue weighted by atomic mass is 15.0. The molecule has 0 radical (unpaired) electrons. The first-order valence-electron chi connectivity index (χ1n) is 4.25. The highest BCUT2D eigenvalue weighted by molar-refractivity contribution is 5.08. The van der Waals surface area contributed by atoms with Gasteiger partial charge in [-0.05, 0) is 23.6 Å². The number of allylic oxidation sites excluding steroid dienone is 1. The van der Waals surface area contributed by atoms with Gasteiger partial charge < -0.3 is 4.90 Å². The first-order chi connectivity index (χ1) is 4.88. The molecule has 0 spiro atoms. The summed E-state index contributed by atoms with van der Waals surface area (Å²) in [4.78, 5) is 2.12. The Kier molecular flexibility index (Phi) is 3.64. The van der Waals surface area contributed by atoms with Gasteiger partial charge in [-0.1, -0.05) is 27.7 Å². The highest BCUT2D eigenvalue weighted by Crippen LogP contribution is 2.27. The van der Waals surface area contributed by atoms with Crippen LogP contribution in [0.5, 0.6) is 0 Å². The maximum absolute atomic E-state index is 2.26. The highest BCUT2D eigenvalue weighted by Gasteiger charge is 2.14. The molecule has 11 heavy (non-hydrogen) atoms. The van der Waals surface area contributed by atoms with E-state index in [4.69, 9.17) is 0 Å². The molecule has 0 aromatic carbocycles. The summed E-state index contributed by atoms with van der Waals surface area (Å²) < 4.78 is 0. The van der Waals surface area contributed by atoms with Gasteiger partial charge in [0.1, 0.15) is 0 Å². The van der Waals surface area contributed by atoms with Crippen molar-refractivity contribution in [3.63, 3.8) is 0 Å². The third-order valence-electron chi connectivity index (χ3n) is 1.76. The van der Waals surface area contributed by atoms with Gasteiger partial charge in [-0.15, -0.1) is 0 Å². The van der Waals surface area contributed by atoms with Crippen LogP contribution in [0, 0.1) is 5.41 Å². The maximum atomic E-state index is 2.26. The van der Waals surface area contributed by atoms with Crippen molar-refractivity contribution < 1.29 is 0 Å². The van der Waals surface area contributed by atoms with E-state index in [1.54, 1.807) is 0 Å². The van der Waals surface area contributed by atoms with Gasteiger partial charge in [0.05, 0.1) is 0 Å². The standard InChI is InChI=1S/C10H21N/c1-7-9(8-11(5)6)10(2,3)4/h8H,7H2,1-6H3/b9-8+. The molecule has 0 amide bonds. The first-order valence-corrected chi connectivity index (χ1v) is 4.25. The van der Waals surface area contributed by atoms with Crippen LogP contribution in [0.25, 0.3) is 0 Å². The van der Waals surface area contributed by atoms with Gasteiger partial charge in [-0.3, -0.25) is 0 Å². The topological polar surface area (TPSA) is 3.24 Å². The van der Waals surface area contributed by atoms with Crippen molar-refractivity contribution in [3.05, 3.63) is 11.8 Å². The van der Waals surface area contributed by atoms with Crippen molar-refractivity contribution in [2.24, 2.45) is 5.41 Å². The second-order valence-electron chi connectivity index (χ2n) is 4.22. The Bertz CT molecular complexity index is 137. The summed E-state index contributed by atoms with van der Waals surface area (Å²) in [6, 6.07) is 0. The summed E-state index contributed by atoms with van der Waals surface area (Å²) in [5.41, 5.74) is 1.82. The molecular weight excluding hydrogens is 134 g/mol. The number of hydrogen-bond acceptors (Lipinski definition) is 1. The van der Waals surface area contributed by atoms with Crippen LogP contribution in [0.15, 0.2) is 11.8 Å². The van der Waals surface area contributed by atoms with E-state index in [9.17, 15) is 0 Å². The SMILES string of the molecule is CC/C(=C\N(C)C)C(C)(C)C. The van der Waals surface area contributed by atoms with Gasteiger partial charge in [0.15, 0.2) is 0 Å². The predicted octanol–water partition coefficient (Wildman–Crippen LogP) is 2.89. The maximum Gasteiger partial charge on any atom is 0.00556 e. The molecule has 0 aliphatic rings. The van der Waals surface area contributed by atoms with Crippen LogP contribution < -0.4 is 0 Å². The molecule has 0 aromatic heterocycles. The molecule has 0 bridgehead atoms. The predicted molar refractivity (Wildman–Crippen MR) is 51.5 cm³/mol. The summed E-state index contributed by atoms with van der Waals surface area (Å²) >= 11 is 0. The van der Waals surface area contributed by atoms with E-state index in [0.29, 0.717) is 5.41 Å². The van der Waals surface area contributed by atoms with Crippen molar-refractivity contribution in [3.8, 4) is 0 Å². The summed E-state index contributed by atoms with van der Waals surface area (Å²) in [5, 5.41) is 0. The van der Waals surface area contributed by atoms with Crippen molar-refractivity contribution >= 4 is 0 Å². The molecule has 0 aliphatic heterocycles. The number of hydrogen-bond donors (Lipinski definition) is 0. The van der Waals surface area contributed by atoms with Gasteiger partial charge in [-0.25, -0.2) is 0 Å². The average molecular weight is 155 g/mol. The third kappa shape index (κ3) is 4.07. The quantitative estimate of drug-likeness (QED) is 0.592. The normalized spacial score (nSPS) is 13.5. The van der Waals surface area contributed by atoms with Crippen molar-refractivity contribution in [2.75, 3.05) is 14.1 Å². The number of nitrogens with zero attached hydrogens (tertiary/aromatic N) is 1. The van der Waals surface area contributed by atoms with Gasteiger partial charge >= 0.3 is 0 Å². The number of rotatable bonds is 2. The molecule has 0 aliphatic carbocycles. The van der Waals surface area contributed by atoms with E-state index >= 15 is 0 Å². The Morgan fingerprint density at radius 2 is 1.73 bits per heavy atom. The lowest BCUT2D eigenvalue weighted by Crippen LogP contribution is -2.13. The van der Waals surface area contributed by atoms with Gasteiger partial charge in [0.25, 0.3) is 0 Å². The van der Waals surface area contributed by atoms with Crippen LogP contribution in [0.2, 0.25) is 0 Å². The minimum atomic E-state index is 0.318. The molecule has 1 nitrogen and oxygen atoms in total. The fourth-order valence-corrected chi connectivity index (χ4v) is 1.13. The van der Waals surface area contributed by atoms with Crippen molar-refractivity contribution in [1.29, 1.82) is 0 Å². The van der Waals surface area contributed by atoms with E-state index < -0.39 is 0 Å². The van der Waals surface area contributed by atoms with Crippen molar-refractivity contribution in [2.45, 2.75) is 34.1 Å². The molecule has 0 unspecified atom stereocenters. The summed E-state index contributed by atoms with van der Waals surface area (Å²) in [5.74, 6) is 0. The van der Waals surface area contributed by atoms with E-state index in [0.717, 1.165) is 6.42 Å². The largest absolute Gasteiger partial charge is 0.384 e. The summed E-state index contributed by atoms with van der Waals surface area (Å²) in [7, 11) is 4.14. The van der Waals surface area contributed by atoms with E-state index in [-0.39, 0.29) is 0 Å². The zero-order chi connectivity index (χ0) is 9.07. The molecular formula is C10H21N. The second-order valence-corrected chi connectivity index (χ2v) is 4.22. The Morgan fingerprint density at radius 1 is 1.27 bits per heavy atom. The summed E-state index contributed by atoms with van der Waals surface area (Å²) in [6.45, 7) is 8.98. The van der Waals surface area contributed by atoms with Crippen LogP contribution in [0.3, 0.4) is 0 Å². The molecule has 0 atom stereocenters. The zero-order valence-electron chi connectivity index (χ0n) is 8.73. The zero-order valence-corrected chi connectivity index (χ0v) is 8.73. The van der Waals surface area contributed by atoms with Gasteiger partial charge in [0, 0.05) is 14.1 Å². The molecule has 0 rings (SSSR count). The minimum Gasteiger partial charge on any atom is -0.384 e. The Labute approximate surface area is 71.1 Å². The van der Waals surface area contributed by atoms with Crippen LogP contribution >= 0.6 is 0 Å². The van der Waals surface area contributed by atoms with Crippen LogP contribution in [-0.2, 0) is 0 Å². The van der Waals surface area contributed by atoms with Crippen LogP contribution in [0.4, 0.5) is 0 Å². The lowest BCUT2D eigenvalue weighted by molar-refractivity contribution is 0.458. The Balaban J connectivity index is 4.41. The first kappa shape index (κ1) is 10.5. The molecule has 0 heterocycles. The van der Waals surface area contributed by atoms with Crippen LogP contribution in [0.1, 0.15) is 34.1 Å². The van der Waals surface area contributed by atoms with E-state index in [2.05, 4.69) is 52.9 Å². The third-order valence-corrected chi connectivity index (χ3v) is 1.76. The Morgan fingerprint density at radius 3 is 1.82 bits per heavy atom. The van der Waals surface area contributed by atoms with Crippen molar-refractivity contribution in [1.82, 2.24) is 4.90 Å². The second kappa shape index (κ2) is 3.80. The smallest absolute Gasteiger partial charge is 0.00556 e. The van der Waals surface area contributed by atoms with Crippen LogP contribution in [-0.4, -0.2) is 19.0 Å². The lowest BCUT2D eigenvalue weighted by Gasteiger charge is -2.23. The Hall–Kier alpha value is -0.460. The summed E-state index contributed by atoms with van der Waals surface area (Å²) in [6.07, 6.45) is 3.36. The fourth-order valence-electron chi connectivity index (χ4n) is 1.13. The van der Waals surface area contributed by atoms with Gasteiger partial charge in [-0.2, -0.15) is 0 Å².